The predicted molar refractivity (Wildman–Crippen MR) is 289 cm³/mol. The fourth-order valence-electron chi connectivity index (χ4n) is 10.5. The van der Waals surface area contributed by atoms with Crippen molar-refractivity contribution in [1.82, 2.24) is 19.5 Å². The maximum atomic E-state index is 6.42. The Balaban J connectivity index is 1.11. The highest BCUT2D eigenvalue weighted by Crippen LogP contribution is 2.46. The second-order valence-corrected chi connectivity index (χ2v) is 17.9. The van der Waals surface area contributed by atoms with Crippen LogP contribution in [0.5, 0.6) is 0 Å². The summed E-state index contributed by atoms with van der Waals surface area (Å²) in [5.74, 6) is 1.70. The smallest absolute Gasteiger partial charge is 0.164 e. The third-order valence-corrected chi connectivity index (χ3v) is 13.8. The molecule has 5 heteroatoms. The van der Waals surface area contributed by atoms with Crippen LogP contribution in [0.2, 0.25) is 0 Å². The van der Waals surface area contributed by atoms with Gasteiger partial charge in [-0.25, -0.2) is 15.0 Å². The molecule has 0 N–H and O–H groups in total. The first-order chi connectivity index (χ1) is 34.7. The van der Waals surface area contributed by atoms with Crippen LogP contribution < -0.4 is 0 Å². The average molecular weight is 893 g/mol. The van der Waals surface area contributed by atoms with Gasteiger partial charge in [-0.1, -0.05) is 188 Å². The van der Waals surface area contributed by atoms with Crippen molar-refractivity contribution < 1.29 is 4.42 Å². The molecule has 0 aliphatic heterocycles. The van der Waals surface area contributed by atoms with E-state index in [0.29, 0.717) is 17.5 Å². The predicted octanol–water partition coefficient (Wildman–Crippen LogP) is 17.2. The van der Waals surface area contributed by atoms with Gasteiger partial charge in [-0.15, -0.1) is 0 Å². The number of furan rings is 1. The van der Waals surface area contributed by atoms with Crippen LogP contribution in [0, 0.1) is 0 Å². The zero-order valence-electron chi connectivity index (χ0n) is 37.8. The third-order valence-electron chi connectivity index (χ3n) is 13.8. The van der Waals surface area contributed by atoms with Crippen LogP contribution in [-0.2, 0) is 0 Å². The minimum absolute atomic E-state index is 0.556. The quantitative estimate of drug-likeness (QED) is 0.160. The van der Waals surface area contributed by atoms with E-state index in [1.54, 1.807) is 0 Å². The molecule has 0 aliphatic carbocycles. The molecule has 0 saturated carbocycles. The minimum atomic E-state index is 0.556. The van der Waals surface area contributed by atoms with Crippen molar-refractivity contribution in [2.24, 2.45) is 0 Å². The maximum absolute atomic E-state index is 6.42. The van der Waals surface area contributed by atoms with E-state index in [9.17, 15) is 0 Å². The fraction of sp³-hybridized carbons (Fsp3) is 0. The molecule has 0 aliphatic rings. The van der Waals surface area contributed by atoms with E-state index in [1.807, 2.05) is 36.4 Å². The number of para-hydroxylation sites is 1. The number of nitrogens with zero attached hydrogens (tertiary/aromatic N) is 4. The van der Waals surface area contributed by atoms with E-state index in [2.05, 4.69) is 211 Å². The van der Waals surface area contributed by atoms with Crippen molar-refractivity contribution in [3.63, 3.8) is 0 Å². The standard InChI is InChI=1S/C65H40N4O/c1-4-18-41(19-5-1)49-28-14-15-29-50(49)54-40-60(69-58-36-46-26-12-10-24-44(46)34-55(58)56-35-45-25-11-13-27-47(45)37-59(56)69)53(42-20-6-2-7-21-42)39-57(54)65-67-63(43-22-8-3-9-23-43)66-64(68-65)48-32-33-52-51-30-16-17-31-61(51)70-62(52)38-48/h1-40H. The van der Waals surface area contributed by atoms with Crippen LogP contribution in [0.15, 0.2) is 247 Å². The molecule has 0 bridgehead atoms. The summed E-state index contributed by atoms with van der Waals surface area (Å²) in [6.45, 7) is 0. The Labute approximate surface area is 403 Å². The van der Waals surface area contributed by atoms with Gasteiger partial charge >= 0.3 is 0 Å². The summed E-state index contributed by atoms with van der Waals surface area (Å²) >= 11 is 0. The summed E-state index contributed by atoms with van der Waals surface area (Å²) in [5, 5.41) is 9.30. The van der Waals surface area contributed by atoms with Gasteiger partial charge in [-0.2, -0.15) is 0 Å². The SMILES string of the molecule is c1ccc(-c2nc(-c3ccc4c(c3)oc3ccccc34)nc(-c3cc(-c4ccccc4)c(-n4c5cc6ccccc6cc5c5cc6ccccc6cc54)cc3-c3ccccc3-c3ccccc3)n2)cc1. The molecule has 3 aromatic heterocycles. The number of benzene rings is 11. The average Bonchev–Trinajstić information content (AvgIpc) is 3.96. The van der Waals surface area contributed by atoms with E-state index in [0.717, 1.165) is 88.7 Å². The van der Waals surface area contributed by atoms with Crippen molar-refractivity contribution in [2.45, 2.75) is 0 Å². The second kappa shape index (κ2) is 16.1. The molecule has 14 aromatic rings. The fourth-order valence-corrected chi connectivity index (χ4v) is 10.5. The number of hydrogen-bond donors (Lipinski definition) is 0. The number of rotatable bonds is 7. The molecule has 11 aromatic carbocycles. The largest absolute Gasteiger partial charge is 0.456 e. The summed E-state index contributed by atoms with van der Waals surface area (Å²) in [7, 11) is 0. The van der Waals surface area contributed by atoms with Crippen molar-refractivity contribution in [2.75, 3.05) is 0 Å². The number of aromatic nitrogens is 4. The first-order valence-corrected chi connectivity index (χ1v) is 23.7. The van der Waals surface area contributed by atoms with Gasteiger partial charge in [0.15, 0.2) is 17.5 Å². The van der Waals surface area contributed by atoms with Gasteiger partial charge in [-0.3, -0.25) is 0 Å². The van der Waals surface area contributed by atoms with Crippen LogP contribution in [0.1, 0.15) is 0 Å². The molecule has 0 unspecified atom stereocenters. The molecule has 14 rings (SSSR count). The summed E-state index contributed by atoms with van der Waals surface area (Å²) in [5.41, 5.74) is 13.9. The highest BCUT2D eigenvalue weighted by atomic mass is 16.3. The summed E-state index contributed by atoms with van der Waals surface area (Å²) in [4.78, 5) is 16.1. The molecular formula is C65H40N4O. The van der Waals surface area contributed by atoms with E-state index < -0.39 is 0 Å². The Morgan fingerprint density at radius 3 is 1.40 bits per heavy atom. The van der Waals surface area contributed by atoms with E-state index in [4.69, 9.17) is 19.4 Å². The second-order valence-electron chi connectivity index (χ2n) is 17.9. The Morgan fingerprint density at radius 2 is 0.757 bits per heavy atom. The molecular weight excluding hydrogens is 853 g/mol. The molecule has 0 radical (unpaired) electrons. The molecule has 0 spiro atoms. The van der Waals surface area contributed by atoms with Crippen molar-refractivity contribution >= 4 is 65.3 Å². The van der Waals surface area contributed by atoms with Crippen LogP contribution in [0.3, 0.4) is 0 Å². The number of hydrogen-bond acceptors (Lipinski definition) is 4. The Kier molecular flexibility index (Phi) is 9.14. The summed E-state index contributed by atoms with van der Waals surface area (Å²) < 4.78 is 8.91. The summed E-state index contributed by atoms with van der Waals surface area (Å²) in [6, 6.07) is 86.2. The van der Waals surface area contributed by atoms with Crippen LogP contribution >= 0.6 is 0 Å². The van der Waals surface area contributed by atoms with Gasteiger partial charge in [0.1, 0.15) is 11.2 Å². The molecule has 3 heterocycles. The van der Waals surface area contributed by atoms with Gasteiger partial charge in [0.2, 0.25) is 0 Å². The van der Waals surface area contributed by atoms with Gasteiger partial charge in [0.25, 0.3) is 0 Å². The van der Waals surface area contributed by atoms with Crippen LogP contribution in [0.25, 0.3) is 139 Å². The van der Waals surface area contributed by atoms with Gasteiger partial charge in [0, 0.05) is 43.8 Å². The molecule has 70 heavy (non-hydrogen) atoms. The van der Waals surface area contributed by atoms with Crippen molar-refractivity contribution in [3.8, 4) is 73.2 Å². The zero-order valence-corrected chi connectivity index (χ0v) is 37.8. The molecule has 5 nitrogen and oxygen atoms in total. The van der Waals surface area contributed by atoms with Crippen molar-refractivity contribution in [1.29, 1.82) is 0 Å². The monoisotopic (exact) mass is 892 g/mol. The van der Waals surface area contributed by atoms with Gasteiger partial charge in [-0.05, 0) is 104 Å². The molecule has 0 atom stereocenters. The highest BCUT2D eigenvalue weighted by Gasteiger charge is 2.25. The molecule has 0 amide bonds. The number of fused-ring (bicyclic) bond motifs is 8. The Morgan fingerprint density at radius 1 is 0.271 bits per heavy atom. The lowest BCUT2D eigenvalue weighted by atomic mass is 9.88. The maximum Gasteiger partial charge on any atom is 0.164 e. The Hall–Kier alpha value is -9.45. The van der Waals surface area contributed by atoms with E-state index in [-0.39, 0.29) is 0 Å². The van der Waals surface area contributed by atoms with Crippen LogP contribution in [0.4, 0.5) is 0 Å². The van der Waals surface area contributed by atoms with E-state index >= 15 is 0 Å². The lowest BCUT2D eigenvalue weighted by Crippen LogP contribution is -2.04. The molecule has 0 fully saturated rings. The third kappa shape index (κ3) is 6.59. The normalized spacial score (nSPS) is 11.7. The van der Waals surface area contributed by atoms with Gasteiger partial charge in [0.05, 0.1) is 16.7 Å². The minimum Gasteiger partial charge on any atom is -0.456 e. The Bertz CT molecular complexity index is 4250. The van der Waals surface area contributed by atoms with Gasteiger partial charge < -0.3 is 8.98 Å². The lowest BCUT2D eigenvalue weighted by Gasteiger charge is -2.21. The topological polar surface area (TPSA) is 56.7 Å². The first-order valence-electron chi connectivity index (χ1n) is 23.7. The molecule has 0 saturated heterocycles. The molecule has 326 valence electrons. The van der Waals surface area contributed by atoms with Crippen molar-refractivity contribution in [3.05, 3.63) is 243 Å². The summed E-state index contributed by atoms with van der Waals surface area (Å²) in [6.07, 6.45) is 0. The van der Waals surface area contributed by atoms with Crippen LogP contribution in [-0.4, -0.2) is 19.5 Å². The first kappa shape index (κ1) is 39.7. The zero-order chi connectivity index (χ0) is 46.1. The lowest BCUT2D eigenvalue weighted by molar-refractivity contribution is 0.669. The van der Waals surface area contributed by atoms with E-state index in [1.165, 1.54) is 32.3 Å². The highest BCUT2D eigenvalue weighted by molar-refractivity contribution is 6.17.